The van der Waals surface area contributed by atoms with Crippen LogP contribution >= 0.6 is 11.6 Å². The predicted molar refractivity (Wildman–Crippen MR) is 119 cm³/mol. The summed E-state index contributed by atoms with van der Waals surface area (Å²) < 4.78 is 6.91. The maximum absolute atomic E-state index is 12.9. The summed E-state index contributed by atoms with van der Waals surface area (Å²) in [4.78, 5) is 12.9. The lowest BCUT2D eigenvalue weighted by Gasteiger charge is -2.15. The maximum Gasteiger partial charge on any atom is 0.274 e. The van der Waals surface area contributed by atoms with E-state index in [1.807, 2.05) is 66.7 Å². The average Bonchev–Trinajstić information content (AvgIpc) is 2.78. The highest BCUT2D eigenvalue weighted by Gasteiger charge is 2.15. The van der Waals surface area contributed by atoms with E-state index in [9.17, 15) is 9.90 Å². The van der Waals surface area contributed by atoms with E-state index in [2.05, 4.69) is 5.10 Å². The van der Waals surface area contributed by atoms with Gasteiger partial charge in [0.2, 0.25) is 0 Å². The van der Waals surface area contributed by atoms with Crippen LogP contribution in [0.1, 0.15) is 5.56 Å². The van der Waals surface area contributed by atoms with Crippen molar-refractivity contribution in [1.29, 1.82) is 0 Å². The standard InChI is InChI=1S/C24H21ClN2O3/c25-22-13-7-4-10-18(22)15-30-16-19(28)14-27-24(29)21-12-6-5-11-20(21)23(26-27)17-8-2-1-3-9-17/h1-13,19,28H,14-16H2. The molecule has 4 rings (SSSR count). The predicted octanol–water partition coefficient (Wildman–Crippen LogP) is 4.29. The molecule has 0 bridgehead atoms. The maximum atomic E-state index is 12.9. The molecule has 0 aliphatic heterocycles. The van der Waals surface area contributed by atoms with E-state index < -0.39 is 6.10 Å². The summed E-state index contributed by atoms with van der Waals surface area (Å²) in [6, 6.07) is 24.5. The quantitative estimate of drug-likeness (QED) is 0.484. The molecule has 0 fully saturated rings. The number of aliphatic hydroxyl groups excluding tert-OH is 1. The van der Waals surface area contributed by atoms with Gasteiger partial charge < -0.3 is 9.84 Å². The average molecular weight is 421 g/mol. The van der Waals surface area contributed by atoms with Crippen LogP contribution in [0.5, 0.6) is 0 Å². The van der Waals surface area contributed by atoms with Crippen molar-refractivity contribution in [3.8, 4) is 11.3 Å². The van der Waals surface area contributed by atoms with E-state index in [0.717, 1.165) is 16.5 Å². The summed E-state index contributed by atoms with van der Waals surface area (Å²) in [5.74, 6) is 0. The van der Waals surface area contributed by atoms with E-state index in [0.29, 0.717) is 16.1 Å². The monoisotopic (exact) mass is 420 g/mol. The van der Waals surface area contributed by atoms with Crippen molar-refractivity contribution in [3.63, 3.8) is 0 Å². The first-order valence-electron chi connectivity index (χ1n) is 9.68. The third-order valence-electron chi connectivity index (χ3n) is 4.82. The summed E-state index contributed by atoms with van der Waals surface area (Å²) in [6.45, 7) is 0.380. The number of benzene rings is 3. The molecule has 152 valence electrons. The van der Waals surface area contributed by atoms with Crippen LogP contribution in [0.4, 0.5) is 0 Å². The van der Waals surface area contributed by atoms with Crippen LogP contribution in [0, 0.1) is 0 Å². The third kappa shape index (κ3) is 4.44. The van der Waals surface area contributed by atoms with Gasteiger partial charge in [-0.05, 0) is 17.7 Å². The summed E-state index contributed by atoms with van der Waals surface area (Å²) in [6.07, 6.45) is -0.887. The van der Waals surface area contributed by atoms with Gasteiger partial charge in [0, 0.05) is 16.0 Å². The molecule has 1 heterocycles. The van der Waals surface area contributed by atoms with Crippen molar-refractivity contribution in [2.24, 2.45) is 0 Å². The minimum atomic E-state index is -0.887. The van der Waals surface area contributed by atoms with Gasteiger partial charge in [-0.3, -0.25) is 4.79 Å². The minimum absolute atomic E-state index is 0.0338. The number of nitrogens with zero attached hydrogens (tertiary/aromatic N) is 2. The van der Waals surface area contributed by atoms with E-state index in [1.165, 1.54) is 4.68 Å². The lowest BCUT2D eigenvalue weighted by Crippen LogP contribution is -2.31. The van der Waals surface area contributed by atoms with Gasteiger partial charge in [-0.15, -0.1) is 0 Å². The molecule has 6 heteroatoms. The van der Waals surface area contributed by atoms with Crippen LogP contribution in [-0.2, 0) is 17.9 Å². The first-order chi connectivity index (χ1) is 14.6. The smallest absolute Gasteiger partial charge is 0.274 e. The molecule has 3 aromatic carbocycles. The van der Waals surface area contributed by atoms with Gasteiger partial charge in [-0.2, -0.15) is 5.10 Å². The molecular formula is C24H21ClN2O3. The summed E-state index contributed by atoms with van der Waals surface area (Å²) in [5, 5.41) is 17.0. The van der Waals surface area contributed by atoms with Crippen molar-refractivity contribution in [3.05, 3.63) is 99.8 Å². The first kappa shape index (κ1) is 20.3. The molecule has 0 spiro atoms. The molecule has 0 radical (unpaired) electrons. The highest BCUT2D eigenvalue weighted by Crippen LogP contribution is 2.24. The minimum Gasteiger partial charge on any atom is -0.389 e. The first-order valence-corrected chi connectivity index (χ1v) is 10.1. The molecule has 0 aliphatic carbocycles. The van der Waals surface area contributed by atoms with Crippen molar-refractivity contribution in [1.82, 2.24) is 9.78 Å². The molecule has 4 aromatic rings. The van der Waals surface area contributed by atoms with Gasteiger partial charge in [0.05, 0.1) is 36.9 Å². The fraction of sp³-hybridized carbons (Fsp3) is 0.167. The Morgan fingerprint density at radius 1 is 0.933 bits per heavy atom. The van der Waals surface area contributed by atoms with Gasteiger partial charge >= 0.3 is 0 Å². The van der Waals surface area contributed by atoms with Crippen LogP contribution in [0.25, 0.3) is 22.0 Å². The Balaban J connectivity index is 1.56. The van der Waals surface area contributed by atoms with E-state index in [4.69, 9.17) is 16.3 Å². The van der Waals surface area contributed by atoms with Crippen LogP contribution in [0.3, 0.4) is 0 Å². The van der Waals surface area contributed by atoms with E-state index in [1.54, 1.807) is 12.1 Å². The molecule has 5 nitrogen and oxygen atoms in total. The van der Waals surface area contributed by atoms with Gasteiger partial charge in [-0.25, -0.2) is 4.68 Å². The second-order valence-corrected chi connectivity index (χ2v) is 7.42. The summed E-state index contributed by atoms with van der Waals surface area (Å²) in [7, 11) is 0. The van der Waals surface area contributed by atoms with Gasteiger partial charge in [-0.1, -0.05) is 78.3 Å². The zero-order chi connectivity index (χ0) is 20.9. The lowest BCUT2D eigenvalue weighted by atomic mass is 10.1. The Kier molecular flexibility index (Phi) is 6.23. The van der Waals surface area contributed by atoms with Crippen molar-refractivity contribution in [2.45, 2.75) is 19.3 Å². The SMILES string of the molecule is O=c1c2ccccc2c(-c2ccccc2)nn1CC(O)COCc1ccccc1Cl. The normalized spacial score (nSPS) is 12.2. The number of aromatic nitrogens is 2. The Bertz CT molecular complexity index is 1210. The van der Waals surface area contributed by atoms with Crippen LogP contribution in [0.15, 0.2) is 83.7 Å². The molecule has 30 heavy (non-hydrogen) atoms. The Morgan fingerprint density at radius 2 is 1.60 bits per heavy atom. The van der Waals surface area contributed by atoms with E-state index in [-0.39, 0.29) is 25.3 Å². The zero-order valence-electron chi connectivity index (χ0n) is 16.2. The zero-order valence-corrected chi connectivity index (χ0v) is 17.0. The molecule has 0 amide bonds. The molecule has 1 unspecified atom stereocenters. The summed E-state index contributed by atoms with van der Waals surface area (Å²) >= 11 is 6.12. The third-order valence-corrected chi connectivity index (χ3v) is 5.19. The Labute approximate surface area is 179 Å². The number of halogens is 1. The fourth-order valence-electron chi connectivity index (χ4n) is 3.34. The second kappa shape index (κ2) is 9.22. The van der Waals surface area contributed by atoms with Crippen molar-refractivity contribution >= 4 is 22.4 Å². The lowest BCUT2D eigenvalue weighted by molar-refractivity contribution is 0.0182. The molecule has 0 saturated carbocycles. The second-order valence-electron chi connectivity index (χ2n) is 7.01. The van der Waals surface area contributed by atoms with Crippen LogP contribution in [-0.4, -0.2) is 27.6 Å². The number of fused-ring (bicyclic) bond motifs is 1. The molecule has 1 N–H and O–H groups in total. The largest absolute Gasteiger partial charge is 0.389 e. The van der Waals surface area contributed by atoms with Gasteiger partial charge in [0.1, 0.15) is 0 Å². The van der Waals surface area contributed by atoms with Crippen molar-refractivity contribution in [2.75, 3.05) is 6.61 Å². The van der Waals surface area contributed by atoms with Gasteiger partial charge in [0.15, 0.2) is 0 Å². The molecule has 0 saturated heterocycles. The van der Waals surface area contributed by atoms with E-state index >= 15 is 0 Å². The highest BCUT2D eigenvalue weighted by atomic mass is 35.5. The Morgan fingerprint density at radius 3 is 2.37 bits per heavy atom. The van der Waals surface area contributed by atoms with Gasteiger partial charge in [0.25, 0.3) is 5.56 Å². The number of hydrogen-bond acceptors (Lipinski definition) is 4. The molecular weight excluding hydrogens is 400 g/mol. The fourth-order valence-corrected chi connectivity index (χ4v) is 3.53. The van der Waals surface area contributed by atoms with Crippen LogP contribution in [0.2, 0.25) is 5.02 Å². The number of ether oxygens (including phenoxy) is 1. The Hall–Kier alpha value is -2.99. The molecule has 1 aromatic heterocycles. The highest BCUT2D eigenvalue weighted by molar-refractivity contribution is 6.31. The number of aliphatic hydroxyl groups is 1. The topological polar surface area (TPSA) is 64.4 Å². The number of hydrogen-bond donors (Lipinski definition) is 1. The molecule has 0 aliphatic rings. The van der Waals surface area contributed by atoms with Crippen molar-refractivity contribution < 1.29 is 9.84 Å². The van der Waals surface area contributed by atoms with Crippen LogP contribution < -0.4 is 5.56 Å². The number of rotatable bonds is 7. The molecule has 1 atom stereocenters. The summed E-state index contributed by atoms with van der Waals surface area (Å²) in [5.41, 5.74) is 2.22.